The molecule has 0 aliphatic rings. The minimum atomic E-state index is 0. The Bertz CT molecular complexity index is 9.65. The van der Waals surface area contributed by atoms with E-state index in [1.165, 1.54) is 0 Å². The van der Waals surface area contributed by atoms with E-state index < -0.39 is 0 Å². The van der Waals surface area contributed by atoms with Crippen molar-refractivity contribution < 1.29 is 23.9 Å². The second-order valence-electron chi connectivity index (χ2n) is 0. The maximum atomic E-state index is 7.88. The molecule has 0 rings (SSSR count). The summed E-state index contributed by atoms with van der Waals surface area (Å²) in [6, 6.07) is 0. The Morgan fingerprint density at radius 2 is 1.00 bits per heavy atom. The van der Waals surface area contributed by atoms with E-state index in [1.54, 1.807) is 0 Å². The van der Waals surface area contributed by atoms with Gasteiger partial charge in [-0.25, -0.2) is 0 Å². The quantitative estimate of drug-likeness (QED) is 0.643. The Morgan fingerprint density at radius 3 is 1.00 bits per heavy atom. The van der Waals surface area contributed by atoms with Gasteiger partial charge in [0.05, 0.1) is 11.9 Å². The molecule has 0 amide bonds. The number of hydrogen-bond acceptors (Lipinski definition) is 2. The summed E-state index contributed by atoms with van der Waals surface area (Å²) >= 11 is 6.26. The van der Waals surface area contributed by atoms with Gasteiger partial charge in [0, 0.05) is 0 Å². The monoisotopic (exact) mass is 234 g/mol. The number of rotatable bonds is 0. The Hall–Kier alpha value is 1.41. The Morgan fingerprint density at radius 1 is 1.00 bits per heavy atom. The predicted octanol–water partition coefficient (Wildman–Crippen LogP) is 1.28. The first-order chi connectivity index (χ1) is 2.00. The molecule has 0 aromatic rings. The summed E-state index contributed by atoms with van der Waals surface area (Å²) in [6.07, 6.45) is 0. The van der Waals surface area contributed by atoms with Crippen LogP contribution in [0.2, 0.25) is 0 Å². The van der Waals surface area contributed by atoms with Crippen LogP contribution in [0.1, 0.15) is 0 Å². The summed E-state index contributed by atoms with van der Waals surface area (Å²) in [7, 11) is 0. The first-order valence-electron chi connectivity index (χ1n) is 0.298. The van der Waals surface area contributed by atoms with Gasteiger partial charge in [-0.3, -0.25) is 4.66 Å². The standard InChI is InChI=1S/ClHO.3ClH.Ni.O/c1-2;;;;;/h2H;3*1H;;. The van der Waals surface area contributed by atoms with Crippen LogP contribution in [0.4, 0.5) is 0 Å². The molecule has 0 unspecified atom stereocenters. The number of hydrogen-bond donors (Lipinski definition) is 1. The van der Waals surface area contributed by atoms with Crippen LogP contribution in [-0.4, -0.2) is 4.66 Å². The fraction of sp³-hybridized carbons (Fsp3) is 0. The van der Waals surface area contributed by atoms with Crippen LogP contribution >= 0.6 is 49.1 Å². The van der Waals surface area contributed by atoms with Gasteiger partial charge in [-0.1, -0.05) is 0 Å². The molecule has 0 saturated carbocycles. The molecule has 0 bridgehead atoms. The van der Waals surface area contributed by atoms with E-state index in [1.807, 2.05) is 0 Å². The molecule has 7 heavy (non-hydrogen) atoms. The Balaban J connectivity index is -0.00000000267. The summed E-state index contributed by atoms with van der Waals surface area (Å²) in [5, 5.41) is 0. The molecule has 0 spiro atoms. The van der Waals surface area contributed by atoms with Crippen molar-refractivity contribution in [1.82, 2.24) is 0 Å². The fourth-order valence-electron chi connectivity index (χ4n) is 0. The van der Waals surface area contributed by atoms with Crippen molar-refractivity contribution in [1.29, 1.82) is 0 Å². The zero-order chi connectivity index (χ0) is 4.00. The van der Waals surface area contributed by atoms with Gasteiger partial charge in [0.1, 0.15) is 0 Å². The van der Waals surface area contributed by atoms with Crippen LogP contribution in [0, 0.1) is 0 Å². The topological polar surface area (TPSA) is 37.3 Å². The molecular formula is H4Cl4NiO2. The van der Waals surface area contributed by atoms with Gasteiger partial charge in [-0.15, -0.1) is 37.2 Å². The third kappa shape index (κ3) is 109. The van der Waals surface area contributed by atoms with E-state index in [0.717, 1.165) is 0 Å². The average molecular weight is 237 g/mol. The van der Waals surface area contributed by atoms with Gasteiger partial charge in [-0.05, 0) is 0 Å². The predicted molar refractivity (Wildman–Crippen MR) is 30.5 cm³/mol. The molecule has 0 aromatic carbocycles. The van der Waals surface area contributed by atoms with Crippen molar-refractivity contribution in [2.45, 2.75) is 0 Å². The first-order valence-corrected chi connectivity index (χ1v) is 1.04. The van der Waals surface area contributed by atoms with E-state index in [9.17, 15) is 0 Å². The van der Waals surface area contributed by atoms with Gasteiger partial charge in [0.2, 0.25) is 0 Å². The molecule has 0 radical (unpaired) electrons. The summed E-state index contributed by atoms with van der Waals surface area (Å²) in [4.78, 5) is 0. The van der Waals surface area contributed by atoms with Crippen LogP contribution in [0.5, 0.6) is 0 Å². The van der Waals surface area contributed by atoms with Gasteiger partial charge >= 0.3 is 19.3 Å². The third-order valence-electron chi connectivity index (χ3n) is 0. The maximum absolute atomic E-state index is 7.88. The fourth-order valence-corrected chi connectivity index (χ4v) is 0. The van der Waals surface area contributed by atoms with Crippen LogP contribution in [0.3, 0.4) is 0 Å². The second kappa shape index (κ2) is 153. The number of halogens is 4. The van der Waals surface area contributed by atoms with Crippen LogP contribution in [0.15, 0.2) is 0 Å². The summed E-state index contributed by atoms with van der Waals surface area (Å²) in [6.45, 7) is 0. The van der Waals surface area contributed by atoms with E-state index in [0.29, 0.717) is 0 Å². The third-order valence-corrected chi connectivity index (χ3v) is 0. The van der Waals surface area contributed by atoms with Crippen molar-refractivity contribution in [3.8, 4) is 0 Å². The van der Waals surface area contributed by atoms with Gasteiger partial charge < -0.3 is 0 Å². The molecule has 0 saturated heterocycles. The SMILES string of the molecule is Cl.Cl.Cl.OCl.[O]=[Ni]. The van der Waals surface area contributed by atoms with E-state index in [4.69, 9.17) is 8.56 Å². The average Bonchev–Trinajstić information content (AvgIpc) is 1.50. The summed E-state index contributed by atoms with van der Waals surface area (Å²) in [5.74, 6) is 0. The molecule has 0 aromatic heterocycles. The molecule has 0 aliphatic heterocycles. The van der Waals surface area contributed by atoms with Crippen LogP contribution < -0.4 is 0 Å². The van der Waals surface area contributed by atoms with Crippen molar-refractivity contribution in [3.63, 3.8) is 0 Å². The second-order valence-corrected chi connectivity index (χ2v) is 0. The van der Waals surface area contributed by atoms with E-state index >= 15 is 0 Å². The Labute approximate surface area is 73.0 Å². The zero-order valence-electron chi connectivity index (χ0n) is 2.77. The van der Waals surface area contributed by atoms with Gasteiger partial charge in [-0.2, -0.15) is 0 Å². The molecule has 0 aliphatic carbocycles. The summed E-state index contributed by atoms with van der Waals surface area (Å²) < 4.78 is 14.3. The molecule has 0 atom stereocenters. The molecular weight excluding hydrogens is 233 g/mol. The molecule has 0 heterocycles. The minimum absolute atomic E-state index is 0. The van der Waals surface area contributed by atoms with E-state index in [-0.39, 0.29) is 37.2 Å². The van der Waals surface area contributed by atoms with Gasteiger partial charge in [0.15, 0.2) is 0 Å². The molecule has 1 N–H and O–H groups in total. The zero-order valence-corrected chi connectivity index (χ0v) is 6.97. The van der Waals surface area contributed by atoms with Crippen LogP contribution in [0.25, 0.3) is 0 Å². The molecule has 2 nitrogen and oxygen atoms in total. The van der Waals surface area contributed by atoms with Gasteiger partial charge in [0.25, 0.3) is 0 Å². The summed E-state index contributed by atoms with van der Waals surface area (Å²) in [5.41, 5.74) is 0. The van der Waals surface area contributed by atoms with Crippen molar-refractivity contribution in [2.24, 2.45) is 0 Å². The van der Waals surface area contributed by atoms with E-state index in [2.05, 4.69) is 27.3 Å². The van der Waals surface area contributed by atoms with Crippen molar-refractivity contribution in [3.05, 3.63) is 0 Å². The van der Waals surface area contributed by atoms with Crippen LogP contribution in [-0.2, 0) is 19.3 Å². The molecule has 7 heteroatoms. The first kappa shape index (κ1) is 39.7. The van der Waals surface area contributed by atoms with Crippen molar-refractivity contribution >= 4 is 49.1 Å². The molecule has 0 fully saturated rings. The Kier molecular flexibility index (Phi) is 865. The normalized spacial score (nSPS) is 1.71. The molecule has 54 valence electrons. The van der Waals surface area contributed by atoms with Crippen molar-refractivity contribution in [2.75, 3.05) is 0 Å².